The van der Waals surface area contributed by atoms with Crippen LogP contribution in [0.1, 0.15) is 0 Å². The number of amides is 3. The second kappa shape index (κ2) is 3.56. The van der Waals surface area contributed by atoms with Gasteiger partial charge in [-0.1, -0.05) is 12.1 Å². The van der Waals surface area contributed by atoms with Gasteiger partial charge >= 0.3 is 6.03 Å². The van der Waals surface area contributed by atoms with Gasteiger partial charge in [0.15, 0.2) is 0 Å². The van der Waals surface area contributed by atoms with Crippen LogP contribution < -0.4 is 10.2 Å². The van der Waals surface area contributed by atoms with Crippen LogP contribution in [0.15, 0.2) is 24.3 Å². The predicted octanol–water partition coefficient (Wildman–Crippen LogP) is 1.35. The molecule has 72 valence electrons. The van der Waals surface area contributed by atoms with Gasteiger partial charge in [-0.3, -0.25) is 15.0 Å². The average Bonchev–Trinajstić information content (AvgIpc) is 2.46. The number of carbonyl (C=O) groups excluding carboxylic acids is 2. The van der Waals surface area contributed by atoms with Crippen LogP contribution in [0.2, 0.25) is 0 Å². The Morgan fingerprint density at radius 1 is 1.29 bits per heavy atom. The number of hydrogen-bond acceptors (Lipinski definition) is 2. The molecule has 1 aromatic rings. The highest BCUT2D eigenvalue weighted by Crippen LogP contribution is 2.23. The summed E-state index contributed by atoms with van der Waals surface area (Å²) in [6.45, 7) is 0.110. The Hall–Kier alpha value is -1.11. The number of carbonyl (C=O) groups is 2. The second-order valence-corrected chi connectivity index (χ2v) is 4.05. The summed E-state index contributed by atoms with van der Waals surface area (Å²) in [4.78, 5) is 23.7. The first-order valence-electron chi connectivity index (χ1n) is 4.04. The number of anilines is 1. The van der Waals surface area contributed by atoms with Crippen molar-refractivity contribution in [3.8, 4) is 0 Å². The molecule has 4 nitrogen and oxygen atoms in total. The minimum absolute atomic E-state index is 0.110. The number of halogens is 1. The van der Waals surface area contributed by atoms with E-state index in [1.165, 1.54) is 4.90 Å². The van der Waals surface area contributed by atoms with Crippen molar-refractivity contribution in [2.24, 2.45) is 0 Å². The quantitative estimate of drug-likeness (QED) is 0.629. The van der Waals surface area contributed by atoms with Crippen LogP contribution in [0.25, 0.3) is 0 Å². The van der Waals surface area contributed by atoms with E-state index in [-0.39, 0.29) is 18.5 Å². The van der Waals surface area contributed by atoms with E-state index in [2.05, 4.69) is 27.9 Å². The number of urea groups is 1. The first kappa shape index (κ1) is 9.45. The number of benzene rings is 1. The fraction of sp³-hybridized carbons (Fsp3) is 0.111. The monoisotopic (exact) mass is 302 g/mol. The molecule has 0 atom stereocenters. The molecule has 0 radical (unpaired) electrons. The minimum Gasteiger partial charge on any atom is -0.284 e. The van der Waals surface area contributed by atoms with Gasteiger partial charge in [0, 0.05) is 3.57 Å². The summed E-state index contributed by atoms with van der Waals surface area (Å²) in [7, 11) is 0. The van der Waals surface area contributed by atoms with E-state index in [4.69, 9.17) is 0 Å². The summed E-state index contributed by atoms with van der Waals surface area (Å²) in [6, 6.07) is 7.10. The van der Waals surface area contributed by atoms with E-state index in [1.54, 1.807) is 0 Å². The molecule has 1 N–H and O–H groups in total. The normalized spacial score (nSPS) is 15.9. The van der Waals surface area contributed by atoms with Crippen LogP contribution in [0.3, 0.4) is 0 Å². The SMILES string of the molecule is O=C1CN(c2ccccc2I)C(=O)N1. The van der Waals surface area contributed by atoms with E-state index in [0.29, 0.717) is 0 Å². The van der Waals surface area contributed by atoms with Gasteiger partial charge in [-0.15, -0.1) is 0 Å². The molecule has 1 aliphatic rings. The predicted molar refractivity (Wildman–Crippen MR) is 60.0 cm³/mol. The third kappa shape index (κ3) is 1.59. The second-order valence-electron chi connectivity index (χ2n) is 2.89. The van der Waals surface area contributed by atoms with Crippen molar-refractivity contribution in [1.29, 1.82) is 0 Å². The lowest BCUT2D eigenvalue weighted by Crippen LogP contribution is -2.28. The highest BCUT2D eigenvalue weighted by molar-refractivity contribution is 14.1. The van der Waals surface area contributed by atoms with E-state index in [0.717, 1.165) is 9.26 Å². The molecule has 1 aliphatic heterocycles. The van der Waals surface area contributed by atoms with Gasteiger partial charge in [0.1, 0.15) is 6.54 Å². The Balaban J connectivity index is 2.36. The Labute approximate surface area is 94.4 Å². The van der Waals surface area contributed by atoms with Gasteiger partial charge < -0.3 is 0 Å². The number of hydrogen-bond donors (Lipinski definition) is 1. The molecular formula is C9H7IN2O2. The van der Waals surface area contributed by atoms with Crippen molar-refractivity contribution in [1.82, 2.24) is 5.32 Å². The molecule has 1 saturated heterocycles. The summed E-state index contributed by atoms with van der Waals surface area (Å²) in [6.07, 6.45) is 0. The number of nitrogens with zero attached hydrogens (tertiary/aromatic N) is 1. The fourth-order valence-corrected chi connectivity index (χ4v) is 1.99. The molecule has 0 aromatic heterocycles. The summed E-state index contributed by atoms with van der Waals surface area (Å²) < 4.78 is 0.954. The molecule has 0 bridgehead atoms. The summed E-state index contributed by atoms with van der Waals surface area (Å²) in [5.74, 6) is -0.255. The minimum atomic E-state index is -0.348. The Morgan fingerprint density at radius 2 is 2.00 bits per heavy atom. The third-order valence-electron chi connectivity index (χ3n) is 1.94. The van der Waals surface area contributed by atoms with Gasteiger partial charge in [0.05, 0.1) is 5.69 Å². The van der Waals surface area contributed by atoms with Crippen LogP contribution in [-0.4, -0.2) is 18.5 Å². The summed E-state index contributed by atoms with van der Waals surface area (Å²) in [5, 5.41) is 2.24. The molecular weight excluding hydrogens is 295 g/mol. The number of nitrogens with one attached hydrogen (secondary N) is 1. The number of imide groups is 1. The summed E-state index contributed by atoms with van der Waals surface area (Å²) >= 11 is 2.13. The average molecular weight is 302 g/mol. The third-order valence-corrected chi connectivity index (χ3v) is 2.85. The zero-order valence-corrected chi connectivity index (χ0v) is 9.32. The molecule has 0 spiro atoms. The molecule has 2 rings (SSSR count). The maximum atomic E-state index is 11.3. The lowest BCUT2D eigenvalue weighted by molar-refractivity contribution is -0.117. The van der Waals surface area contributed by atoms with Gasteiger partial charge in [0.2, 0.25) is 5.91 Å². The molecule has 0 aliphatic carbocycles. The Morgan fingerprint density at radius 3 is 2.57 bits per heavy atom. The molecule has 0 unspecified atom stereocenters. The molecule has 0 saturated carbocycles. The lowest BCUT2D eigenvalue weighted by atomic mass is 10.3. The standard InChI is InChI=1S/C9H7IN2O2/c10-6-3-1-2-4-7(6)12-5-8(13)11-9(12)14/h1-4H,5H2,(H,11,13,14). The van der Waals surface area contributed by atoms with Crippen molar-refractivity contribution in [2.75, 3.05) is 11.4 Å². The summed E-state index contributed by atoms with van der Waals surface area (Å²) in [5.41, 5.74) is 0.774. The van der Waals surface area contributed by atoms with Crippen LogP contribution >= 0.6 is 22.6 Å². The highest BCUT2D eigenvalue weighted by Gasteiger charge is 2.28. The van der Waals surface area contributed by atoms with E-state index in [1.807, 2.05) is 24.3 Å². The van der Waals surface area contributed by atoms with Crippen molar-refractivity contribution in [3.63, 3.8) is 0 Å². The maximum absolute atomic E-state index is 11.3. The molecule has 5 heteroatoms. The van der Waals surface area contributed by atoms with Crippen molar-refractivity contribution in [3.05, 3.63) is 27.8 Å². The van der Waals surface area contributed by atoms with Crippen LogP contribution in [0.4, 0.5) is 10.5 Å². The van der Waals surface area contributed by atoms with Gasteiger partial charge in [-0.25, -0.2) is 4.79 Å². The Kier molecular flexibility index (Phi) is 2.40. The molecule has 3 amide bonds. The highest BCUT2D eigenvalue weighted by atomic mass is 127. The lowest BCUT2D eigenvalue weighted by Gasteiger charge is -2.14. The zero-order valence-electron chi connectivity index (χ0n) is 7.16. The van der Waals surface area contributed by atoms with Crippen LogP contribution in [-0.2, 0) is 4.79 Å². The van der Waals surface area contributed by atoms with Gasteiger partial charge in [-0.05, 0) is 34.7 Å². The molecule has 1 fully saturated rings. The van der Waals surface area contributed by atoms with Gasteiger partial charge in [-0.2, -0.15) is 0 Å². The van der Waals surface area contributed by atoms with Crippen molar-refractivity contribution >= 4 is 40.2 Å². The topological polar surface area (TPSA) is 49.4 Å². The Bertz CT molecular complexity index is 406. The van der Waals surface area contributed by atoms with Crippen LogP contribution in [0, 0.1) is 3.57 Å². The van der Waals surface area contributed by atoms with Gasteiger partial charge in [0.25, 0.3) is 0 Å². The van der Waals surface area contributed by atoms with E-state index in [9.17, 15) is 9.59 Å². The van der Waals surface area contributed by atoms with Crippen molar-refractivity contribution in [2.45, 2.75) is 0 Å². The smallest absolute Gasteiger partial charge is 0.284 e. The largest absolute Gasteiger partial charge is 0.329 e. The molecule has 14 heavy (non-hydrogen) atoms. The van der Waals surface area contributed by atoms with E-state index >= 15 is 0 Å². The zero-order chi connectivity index (χ0) is 10.1. The van der Waals surface area contributed by atoms with E-state index < -0.39 is 0 Å². The number of para-hydroxylation sites is 1. The van der Waals surface area contributed by atoms with Crippen LogP contribution in [0.5, 0.6) is 0 Å². The van der Waals surface area contributed by atoms with Crippen molar-refractivity contribution < 1.29 is 9.59 Å². The first-order chi connectivity index (χ1) is 6.68. The fourth-order valence-electron chi connectivity index (χ4n) is 1.31. The first-order valence-corrected chi connectivity index (χ1v) is 5.12. The number of rotatable bonds is 1. The molecule has 1 aromatic carbocycles. The maximum Gasteiger partial charge on any atom is 0.329 e. The molecule has 1 heterocycles.